The van der Waals surface area contributed by atoms with Crippen LogP contribution in [-0.2, 0) is 28.6 Å². The minimum Gasteiger partial charge on any atom is -0.462 e. The third kappa shape index (κ3) is 3.19. The fourth-order valence-electron chi connectivity index (χ4n) is 4.91. The molecule has 0 aromatic rings. The van der Waals surface area contributed by atoms with E-state index >= 15 is 0 Å². The first kappa shape index (κ1) is 20.4. The van der Waals surface area contributed by atoms with E-state index in [9.17, 15) is 14.4 Å². The van der Waals surface area contributed by atoms with Gasteiger partial charge in [-0.05, 0) is 45.6 Å². The van der Waals surface area contributed by atoms with E-state index in [1.807, 2.05) is 13.8 Å². The number of carbonyl (C=O) groups excluding carboxylic acids is 3. The monoisotopic (exact) mass is 388 g/mol. The van der Waals surface area contributed by atoms with Crippen LogP contribution in [0.15, 0.2) is 34.9 Å². The van der Waals surface area contributed by atoms with E-state index in [2.05, 4.69) is 6.58 Å². The predicted octanol–water partition coefficient (Wildman–Crippen LogP) is 3.41. The summed E-state index contributed by atoms with van der Waals surface area (Å²) in [7, 11) is 0. The Morgan fingerprint density at radius 1 is 1.29 bits per heavy atom. The summed E-state index contributed by atoms with van der Waals surface area (Å²) < 4.78 is 17.2. The molecule has 152 valence electrons. The van der Waals surface area contributed by atoms with Crippen LogP contribution in [0.1, 0.15) is 53.9 Å². The highest BCUT2D eigenvalue weighted by atomic mass is 16.6. The van der Waals surface area contributed by atoms with Gasteiger partial charge in [-0.25, -0.2) is 9.59 Å². The molecule has 0 amide bonds. The van der Waals surface area contributed by atoms with Crippen LogP contribution < -0.4 is 0 Å². The standard InChI is InChI=1S/C22H28O6/c1-7-11(2)20(24)28-19-17-13(4)21(25)27-15(17)10-22(6)16(26-14(5)23)9-8-12(3)18(19)22/h7,15-17,19H,4,8-10H2,1-3,5-6H3/b11-7+/t15-,16-,17-,19-,22+/m1/s1. The molecule has 3 rings (SSSR count). The molecule has 0 bridgehead atoms. The lowest BCUT2D eigenvalue weighted by atomic mass is 9.57. The summed E-state index contributed by atoms with van der Waals surface area (Å²) in [4.78, 5) is 36.5. The maximum Gasteiger partial charge on any atom is 0.334 e. The first-order valence-corrected chi connectivity index (χ1v) is 9.71. The average molecular weight is 388 g/mol. The van der Waals surface area contributed by atoms with Crippen LogP contribution in [0.4, 0.5) is 0 Å². The van der Waals surface area contributed by atoms with Crippen molar-refractivity contribution in [3.05, 3.63) is 34.9 Å². The first-order valence-electron chi connectivity index (χ1n) is 9.71. The largest absolute Gasteiger partial charge is 0.462 e. The molecule has 0 N–H and O–H groups in total. The lowest BCUT2D eigenvalue weighted by Gasteiger charge is -2.51. The van der Waals surface area contributed by atoms with Crippen LogP contribution in [0, 0.1) is 11.3 Å². The van der Waals surface area contributed by atoms with Gasteiger partial charge in [-0.3, -0.25) is 4.79 Å². The number of rotatable bonds is 3. The summed E-state index contributed by atoms with van der Waals surface area (Å²) >= 11 is 0. The number of fused-ring (bicyclic) bond motifs is 2. The van der Waals surface area contributed by atoms with Crippen LogP contribution >= 0.6 is 0 Å². The molecule has 1 aliphatic heterocycles. The van der Waals surface area contributed by atoms with E-state index < -0.39 is 35.5 Å². The molecular weight excluding hydrogens is 360 g/mol. The summed E-state index contributed by atoms with van der Waals surface area (Å²) in [5, 5.41) is 0. The second-order valence-corrected chi connectivity index (χ2v) is 8.24. The van der Waals surface area contributed by atoms with E-state index in [4.69, 9.17) is 14.2 Å². The molecule has 0 spiro atoms. The van der Waals surface area contributed by atoms with Gasteiger partial charge in [0, 0.05) is 23.5 Å². The minimum atomic E-state index is -0.663. The van der Waals surface area contributed by atoms with Crippen molar-refractivity contribution in [2.24, 2.45) is 11.3 Å². The summed E-state index contributed by atoms with van der Waals surface area (Å²) in [6.07, 6.45) is 2.14. The Morgan fingerprint density at radius 2 is 1.96 bits per heavy atom. The van der Waals surface area contributed by atoms with Crippen molar-refractivity contribution in [2.75, 3.05) is 0 Å². The first-order chi connectivity index (χ1) is 13.1. The summed E-state index contributed by atoms with van der Waals surface area (Å²) in [6, 6.07) is 0. The average Bonchev–Trinajstić information content (AvgIpc) is 2.89. The van der Waals surface area contributed by atoms with Gasteiger partial charge in [0.05, 0.1) is 5.92 Å². The van der Waals surface area contributed by atoms with Crippen LogP contribution in [0.5, 0.6) is 0 Å². The van der Waals surface area contributed by atoms with Gasteiger partial charge in [0.2, 0.25) is 0 Å². The van der Waals surface area contributed by atoms with Gasteiger partial charge in [-0.2, -0.15) is 0 Å². The quantitative estimate of drug-likeness (QED) is 0.319. The number of esters is 3. The highest BCUT2D eigenvalue weighted by molar-refractivity contribution is 5.92. The zero-order chi connectivity index (χ0) is 20.8. The lowest BCUT2D eigenvalue weighted by molar-refractivity contribution is -0.165. The van der Waals surface area contributed by atoms with Gasteiger partial charge in [-0.15, -0.1) is 0 Å². The third-order valence-electron chi connectivity index (χ3n) is 6.42. The smallest absolute Gasteiger partial charge is 0.334 e. The SMILES string of the molecule is C=C1C(=O)O[C@@H]2C[C@]3(C)C(=C(C)CC[C@H]3OC(C)=O)[C@H](OC(=O)/C(C)=C/C)[C@H]12. The predicted molar refractivity (Wildman–Crippen MR) is 102 cm³/mol. The minimum absolute atomic E-state index is 0.331. The van der Waals surface area contributed by atoms with Crippen molar-refractivity contribution in [3.8, 4) is 0 Å². The maximum absolute atomic E-state index is 12.6. The van der Waals surface area contributed by atoms with Crippen LogP contribution in [0.2, 0.25) is 0 Å². The summed E-state index contributed by atoms with van der Waals surface area (Å²) in [6.45, 7) is 12.8. The molecule has 6 nitrogen and oxygen atoms in total. The highest BCUT2D eigenvalue weighted by Gasteiger charge is 2.60. The normalized spacial score (nSPS) is 35.1. The Balaban J connectivity index is 2.09. The van der Waals surface area contributed by atoms with E-state index in [0.29, 0.717) is 24.0 Å². The van der Waals surface area contributed by atoms with Gasteiger partial charge >= 0.3 is 17.9 Å². The van der Waals surface area contributed by atoms with E-state index in [0.717, 1.165) is 17.6 Å². The highest BCUT2D eigenvalue weighted by Crippen LogP contribution is 2.56. The van der Waals surface area contributed by atoms with E-state index in [-0.39, 0.29) is 12.1 Å². The second-order valence-electron chi connectivity index (χ2n) is 8.24. The van der Waals surface area contributed by atoms with Crippen molar-refractivity contribution >= 4 is 17.9 Å². The summed E-state index contributed by atoms with van der Waals surface area (Å²) in [5.41, 5.74) is 2.29. The number of hydrogen-bond donors (Lipinski definition) is 0. The Bertz CT molecular complexity index is 804. The van der Waals surface area contributed by atoms with Crippen molar-refractivity contribution < 1.29 is 28.6 Å². The van der Waals surface area contributed by atoms with Gasteiger partial charge in [0.15, 0.2) is 0 Å². The molecule has 3 aliphatic rings. The zero-order valence-electron chi connectivity index (χ0n) is 17.2. The lowest BCUT2D eigenvalue weighted by Crippen LogP contribution is -2.54. The second kappa shape index (κ2) is 7.22. The van der Waals surface area contributed by atoms with E-state index in [1.165, 1.54) is 6.92 Å². The molecule has 2 aliphatic carbocycles. The zero-order valence-corrected chi connectivity index (χ0v) is 17.2. The molecule has 0 aromatic heterocycles. The Kier molecular flexibility index (Phi) is 5.26. The molecule has 0 radical (unpaired) electrons. The Morgan fingerprint density at radius 3 is 2.57 bits per heavy atom. The molecule has 0 aromatic carbocycles. The van der Waals surface area contributed by atoms with Gasteiger partial charge in [0.25, 0.3) is 0 Å². The number of hydrogen-bond acceptors (Lipinski definition) is 6. The third-order valence-corrected chi connectivity index (χ3v) is 6.42. The topological polar surface area (TPSA) is 78.9 Å². The van der Waals surface area contributed by atoms with Crippen molar-refractivity contribution in [3.63, 3.8) is 0 Å². The molecule has 1 saturated heterocycles. The van der Waals surface area contributed by atoms with Crippen LogP contribution in [0.3, 0.4) is 0 Å². The molecular formula is C22H28O6. The van der Waals surface area contributed by atoms with Gasteiger partial charge in [-0.1, -0.05) is 25.2 Å². The fraction of sp³-hybridized carbons (Fsp3) is 0.591. The summed E-state index contributed by atoms with van der Waals surface area (Å²) in [5.74, 6) is -1.66. The van der Waals surface area contributed by atoms with Gasteiger partial charge in [0.1, 0.15) is 18.3 Å². The molecule has 0 unspecified atom stereocenters. The maximum atomic E-state index is 12.6. The number of ether oxygens (including phenoxy) is 3. The van der Waals surface area contributed by atoms with Crippen LogP contribution in [0.25, 0.3) is 0 Å². The van der Waals surface area contributed by atoms with Crippen molar-refractivity contribution in [1.29, 1.82) is 0 Å². The van der Waals surface area contributed by atoms with Crippen molar-refractivity contribution in [2.45, 2.75) is 72.2 Å². The van der Waals surface area contributed by atoms with Crippen molar-refractivity contribution in [1.82, 2.24) is 0 Å². The molecule has 1 heterocycles. The molecule has 2 fully saturated rings. The molecule has 6 heteroatoms. The fourth-order valence-corrected chi connectivity index (χ4v) is 4.91. The number of carbonyl (C=O) groups is 3. The Hall–Kier alpha value is -2.37. The van der Waals surface area contributed by atoms with E-state index in [1.54, 1.807) is 19.9 Å². The molecule has 5 atom stereocenters. The Labute approximate surface area is 165 Å². The van der Waals surface area contributed by atoms with Crippen LogP contribution in [-0.4, -0.2) is 36.2 Å². The number of allylic oxidation sites excluding steroid dienone is 2. The molecule has 1 saturated carbocycles. The molecule has 28 heavy (non-hydrogen) atoms. The van der Waals surface area contributed by atoms with Gasteiger partial charge < -0.3 is 14.2 Å².